The van der Waals surface area contributed by atoms with Crippen LogP contribution in [0.5, 0.6) is 0 Å². The predicted octanol–water partition coefficient (Wildman–Crippen LogP) is 2.75. The second-order valence-electron chi connectivity index (χ2n) is 5.33. The standard InChI is InChI=1S/C13H22N2O3/c1-9-11(10(2)18-15-9)7-6-8-14-12(16)17-13(3,4)5/h6-8H2,1-5H3,(H,14,16). The summed E-state index contributed by atoms with van der Waals surface area (Å²) in [5.41, 5.74) is 1.59. The number of nitrogens with zero attached hydrogens (tertiary/aromatic N) is 1. The smallest absolute Gasteiger partial charge is 0.407 e. The highest BCUT2D eigenvalue weighted by Crippen LogP contribution is 2.13. The van der Waals surface area contributed by atoms with E-state index in [9.17, 15) is 4.79 Å². The number of ether oxygens (including phenoxy) is 1. The average Bonchev–Trinajstić information content (AvgIpc) is 2.52. The van der Waals surface area contributed by atoms with Crippen LogP contribution in [0, 0.1) is 13.8 Å². The first-order chi connectivity index (χ1) is 8.29. The summed E-state index contributed by atoms with van der Waals surface area (Å²) in [7, 11) is 0. The van der Waals surface area contributed by atoms with E-state index in [4.69, 9.17) is 9.26 Å². The van der Waals surface area contributed by atoms with E-state index in [1.165, 1.54) is 0 Å². The van der Waals surface area contributed by atoms with Crippen LogP contribution in [0.3, 0.4) is 0 Å². The quantitative estimate of drug-likeness (QED) is 0.839. The third kappa shape index (κ3) is 4.77. The van der Waals surface area contributed by atoms with Crippen LogP contribution < -0.4 is 5.32 Å². The highest BCUT2D eigenvalue weighted by atomic mass is 16.6. The van der Waals surface area contributed by atoms with Crippen LogP contribution in [-0.4, -0.2) is 23.4 Å². The van der Waals surface area contributed by atoms with Gasteiger partial charge in [-0.05, 0) is 47.5 Å². The van der Waals surface area contributed by atoms with Crippen molar-refractivity contribution >= 4 is 6.09 Å². The molecule has 1 heterocycles. The van der Waals surface area contributed by atoms with E-state index in [0.717, 1.165) is 29.9 Å². The molecule has 0 aliphatic carbocycles. The van der Waals surface area contributed by atoms with Gasteiger partial charge in [-0.25, -0.2) is 4.79 Å². The minimum absolute atomic E-state index is 0.374. The van der Waals surface area contributed by atoms with Gasteiger partial charge < -0.3 is 14.6 Å². The Hall–Kier alpha value is -1.52. The maximum Gasteiger partial charge on any atom is 0.407 e. The number of hydrogen-bond donors (Lipinski definition) is 1. The van der Waals surface area contributed by atoms with Gasteiger partial charge in [0.2, 0.25) is 0 Å². The van der Waals surface area contributed by atoms with Crippen molar-refractivity contribution in [1.29, 1.82) is 0 Å². The lowest BCUT2D eigenvalue weighted by molar-refractivity contribution is 0.0527. The van der Waals surface area contributed by atoms with Gasteiger partial charge >= 0.3 is 6.09 Å². The zero-order valence-electron chi connectivity index (χ0n) is 11.8. The van der Waals surface area contributed by atoms with Gasteiger partial charge in [0, 0.05) is 12.1 Å². The number of nitrogens with one attached hydrogen (secondary N) is 1. The van der Waals surface area contributed by atoms with Crippen LogP contribution in [-0.2, 0) is 11.2 Å². The first-order valence-corrected chi connectivity index (χ1v) is 6.18. The van der Waals surface area contributed by atoms with Crippen molar-refractivity contribution in [1.82, 2.24) is 10.5 Å². The van der Waals surface area contributed by atoms with Gasteiger partial charge in [-0.2, -0.15) is 0 Å². The number of carbonyl (C=O) groups is 1. The minimum atomic E-state index is -0.453. The van der Waals surface area contributed by atoms with Gasteiger partial charge in [0.1, 0.15) is 11.4 Å². The number of carbonyl (C=O) groups excluding carboxylic acids is 1. The third-order valence-corrected chi connectivity index (χ3v) is 2.45. The summed E-state index contributed by atoms with van der Waals surface area (Å²) >= 11 is 0. The van der Waals surface area contributed by atoms with Crippen molar-refractivity contribution in [3.8, 4) is 0 Å². The predicted molar refractivity (Wildman–Crippen MR) is 68.5 cm³/mol. The molecule has 1 aromatic heterocycles. The number of hydrogen-bond acceptors (Lipinski definition) is 4. The molecule has 0 saturated carbocycles. The molecule has 5 heteroatoms. The lowest BCUT2D eigenvalue weighted by atomic mass is 10.1. The fourth-order valence-corrected chi connectivity index (χ4v) is 1.63. The molecule has 1 rings (SSSR count). The molecule has 1 aromatic rings. The first-order valence-electron chi connectivity index (χ1n) is 6.18. The summed E-state index contributed by atoms with van der Waals surface area (Å²) in [4.78, 5) is 11.4. The number of amides is 1. The Bertz CT molecular complexity index is 385. The Morgan fingerprint density at radius 3 is 2.56 bits per heavy atom. The molecule has 1 amide bonds. The average molecular weight is 254 g/mol. The Kier molecular flexibility index (Phi) is 4.76. The van der Waals surface area contributed by atoms with Gasteiger partial charge in [-0.3, -0.25) is 0 Å². The Morgan fingerprint density at radius 1 is 1.39 bits per heavy atom. The maximum atomic E-state index is 11.4. The number of alkyl carbamates (subject to hydrolysis) is 1. The third-order valence-electron chi connectivity index (χ3n) is 2.45. The largest absolute Gasteiger partial charge is 0.444 e. The molecule has 102 valence electrons. The molecule has 0 unspecified atom stereocenters. The molecule has 1 N–H and O–H groups in total. The maximum absolute atomic E-state index is 11.4. The molecular weight excluding hydrogens is 232 g/mol. The van der Waals surface area contributed by atoms with Crippen molar-refractivity contribution in [2.75, 3.05) is 6.54 Å². The summed E-state index contributed by atoms with van der Waals surface area (Å²) < 4.78 is 10.2. The summed E-state index contributed by atoms with van der Waals surface area (Å²) in [5, 5.41) is 6.62. The molecule has 0 aliphatic heterocycles. The van der Waals surface area contributed by atoms with Crippen molar-refractivity contribution in [2.24, 2.45) is 0 Å². The van der Waals surface area contributed by atoms with Gasteiger partial charge in [0.25, 0.3) is 0 Å². The topological polar surface area (TPSA) is 64.4 Å². The molecule has 0 radical (unpaired) electrons. The van der Waals surface area contributed by atoms with E-state index in [1.54, 1.807) is 0 Å². The zero-order valence-corrected chi connectivity index (χ0v) is 11.8. The van der Waals surface area contributed by atoms with E-state index < -0.39 is 5.60 Å². The lowest BCUT2D eigenvalue weighted by Crippen LogP contribution is -2.33. The fraction of sp³-hybridized carbons (Fsp3) is 0.692. The molecule has 18 heavy (non-hydrogen) atoms. The monoisotopic (exact) mass is 254 g/mol. The second-order valence-corrected chi connectivity index (χ2v) is 5.33. The second kappa shape index (κ2) is 5.89. The number of rotatable bonds is 4. The molecule has 0 saturated heterocycles. The van der Waals surface area contributed by atoms with E-state index in [1.807, 2.05) is 34.6 Å². The van der Waals surface area contributed by atoms with E-state index in [-0.39, 0.29) is 6.09 Å². The van der Waals surface area contributed by atoms with Gasteiger partial charge in [-0.1, -0.05) is 5.16 Å². The van der Waals surface area contributed by atoms with Crippen LogP contribution in [0.25, 0.3) is 0 Å². The normalized spacial score (nSPS) is 11.4. The molecular formula is C13H22N2O3. The molecule has 0 fully saturated rings. The highest BCUT2D eigenvalue weighted by molar-refractivity contribution is 5.67. The summed E-state index contributed by atoms with van der Waals surface area (Å²) in [6.07, 6.45) is 1.31. The van der Waals surface area contributed by atoms with Gasteiger partial charge in [0.05, 0.1) is 5.69 Å². The van der Waals surface area contributed by atoms with Gasteiger partial charge in [-0.15, -0.1) is 0 Å². The van der Waals surface area contributed by atoms with E-state index in [2.05, 4.69) is 10.5 Å². The van der Waals surface area contributed by atoms with Crippen LogP contribution in [0.2, 0.25) is 0 Å². The van der Waals surface area contributed by atoms with Gasteiger partial charge in [0.15, 0.2) is 0 Å². The van der Waals surface area contributed by atoms with E-state index >= 15 is 0 Å². The van der Waals surface area contributed by atoms with Crippen LogP contribution in [0.15, 0.2) is 4.52 Å². The Morgan fingerprint density at radius 2 is 2.06 bits per heavy atom. The summed E-state index contributed by atoms with van der Waals surface area (Å²) in [6.45, 7) is 9.94. The molecule has 0 atom stereocenters. The highest BCUT2D eigenvalue weighted by Gasteiger charge is 2.15. The minimum Gasteiger partial charge on any atom is -0.444 e. The fourth-order valence-electron chi connectivity index (χ4n) is 1.63. The number of aromatic nitrogens is 1. The van der Waals surface area contributed by atoms with Crippen LogP contribution in [0.1, 0.15) is 44.2 Å². The van der Waals surface area contributed by atoms with Crippen LogP contribution >= 0.6 is 0 Å². The lowest BCUT2D eigenvalue weighted by Gasteiger charge is -2.19. The summed E-state index contributed by atoms with van der Waals surface area (Å²) in [5.74, 6) is 0.852. The number of aryl methyl sites for hydroxylation is 2. The van der Waals surface area contributed by atoms with Crippen molar-refractivity contribution in [3.63, 3.8) is 0 Å². The Labute approximate surface area is 108 Å². The molecule has 0 spiro atoms. The van der Waals surface area contributed by atoms with Crippen LogP contribution in [0.4, 0.5) is 4.79 Å². The molecule has 0 bridgehead atoms. The SMILES string of the molecule is Cc1noc(C)c1CCCNC(=O)OC(C)(C)C. The molecule has 0 aromatic carbocycles. The van der Waals surface area contributed by atoms with E-state index in [0.29, 0.717) is 6.54 Å². The summed E-state index contributed by atoms with van der Waals surface area (Å²) in [6, 6.07) is 0. The first kappa shape index (κ1) is 14.5. The Balaban J connectivity index is 2.25. The zero-order chi connectivity index (χ0) is 13.8. The van der Waals surface area contributed by atoms with Crippen molar-refractivity contribution < 1.29 is 14.1 Å². The molecule has 0 aliphatic rings. The molecule has 5 nitrogen and oxygen atoms in total. The van der Waals surface area contributed by atoms with Crippen molar-refractivity contribution in [3.05, 3.63) is 17.0 Å². The van der Waals surface area contributed by atoms with Crippen molar-refractivity contribution in [2.45, 2.75) is 53.1 Å².